The van der Waals surface area contributed by atoms with Gasteiger partial charge in [-0.2, -0.15) is 0 Å². The number of carbonyl (C=O) groups is 2. The monoisotopic (exact) mass is 448 g/mol. The average Bonchev–Trinajstić information content (AvgIpc) is 2.84. The van der Waals surface area contributed by atoms with Crippen molar-refractivity contribution >= 4 is 17.5 Å². The second kappa shape index (κ2) is 11.3. The Morgan fingerprint density at radius 3 is 2.48 bits per heavy atom. The molecule has 0 saturated carbocycles. The molecule has 2 saturated heterocycles. The zero-order chi connectivity index (χ0) is 23.0. The molecule has 2 amide bonds. The lowest BCUT2D eigenvalue weighted by molar-refractivity contribution is -0.142. The maximum absolute atomic E-state index is 13.1. The Morgan fingerprint density at radius 1 is 0.970 bits per heavy atom. The molecule has 0 spiro atoms. The summed E-state index contributed by atoms with van der Waals surface area (Å²) < 4.78 is 0. The zero-order valence-electron chi connectivity index (χ0n) is 19.7. The summed E-state index contributed by atoms with van der Waals surface area (Å²) in [5, 5.41) is 3.11. The van der Waals surface area contributed by atoms with Crippen molar-refractivity contribution < 1.29 is 9.59 Å². The summed E-state index contributed by atoms with van der Waals surface area (Å²) in [6.45, 7) is 8.52. The normalized spacial score (nSPS) is 18.3. The third-order valence-corrected chi connectivity index (χ3v) is 6.72. The number of likely N-dealkylation sites (tertiary alicyclic amines) is 1. The van der Waals surface area contributed by atoms with Crippen LogP contribution in [0.2, 0.25) is 0 Å². The minimum Gasteiger partial charge on any atom is -0.369 e. The van der Waals surface area contributed by atoms with Crippen molar-refractivity contribution in [3.8, 4) is 0 Å². The summed E-state index contributed by atoms with van der Waals surface area (Å²) in [7, 11) is 0. The number of hydrogen-bond acceptors (Lipinski definition) is 4. The fourth-order valence-electron chi connectivity index (χ4n) is 4.87. The van der Waals surface area contributed by atoms with Crippen molar-refractivity contribution in [3.05, 3.63) is 65.7 Å². The van der Waals surface area contributed by atoms with E-state index in [-0.39, 0.29) is 11.8 Å². The van der Waals surface area contributed by atoms with Gasteiger partial charge in [-0.3, -0.25) is 14.5 Å². The fraction of sp³-hybridized carbons (Fsp3) is 0.481. The number of rotatable bonds is 8. The SMILES string of the molecule is Cc1cccc(N2CCN(CCCNC(=O)C(c3ccccc3)N3CCCCC3=O)CC2)c1. The van der Waals surface area contributed by atoms with Gasteiger partial charge < -0.3 is 15.1 Å². The number of nitrogens with zero attached hydrogens (tertiary/aromatic N) is 3. The highest BCUT2D eigenvalue weighted by molar-refractivity contribution is 5.89. The molecular weight excluding hydrogens is 412 g/mol. The molecule has 0 radical (unpaired) electrons. The first kappa shape index (κ1) is 23.3. The van der Waals surface area contributed by atoms with Gasteiger partial charge in [0.1, 0.15) is 6.04 Å². The van der Waals surface area contributed by atoms with Crippen LogP contribution >= 0.6 is 0 Å². The summed E-state index contributed by atoms with van der Waals surface area (Å²) in [5.41, 5.74) is 3.49. The van der Waals surface area contributed by atoms with Crippen LogP contribution in [0.25, 0.3) is 0 Å². The van der Waals surface area contributed by atoms with Crippen molar-refractivity contribution in [1.82, 2.24) is 15.1 Å². The number of aryl methyl sites for hydroxylation is 1. The molecule has 2 aromatic carbocycles. The van der Waals surface area contributed by atoms with E-state index in [4.69, 9.17) is 0 Å². The lowest BCUT2D eigenvalue weighted by Crippen LogP contribution is -2.48. The van der Waals surface area contributed by atoms with Gasteiger partial charge in [0.05, 0.1) is 0 Å². The number of nitrogens with one attached hydrogen (secondary N) is 1. The summed E-state index contributed by atoms with van der Waals surface area (Å²) in [4.78, 5) is 32.4. The van der Waals surface area contributed by atoms with Crippen molar-refractivity contribution in [2.75, 3.05) is 50.7 Å². The molecule has 2 aliphatic rings. The van der Waals surface area contributed by atoms with E-state index in [1.807, 2.05) is 30.3 Å². The van der Waals surface area contributed by atoms with E-state index in [0.717, 1.165) is 57.5 Å². The summed E-state index contributed by atoms with van der Waals surface area (Å²) >= 11 is 0. The summed E-state index contributed by atoms with van der Waals surface area (Å²) in [6, 6.07) is 17.9. The van der Waals surface area contributed by atoms with E-state index in [1.165, 1.54) is 11.3 Å². The van der Waals surface area contributed by atoms with Gasteiger partial charge in [0, 0.05) is 51.4 Å². The lowest BCUT2D eigenvalue weighted by atomic mass is 10.0. The summed E-state index contributed by atoms with van der Waals surface area (Å²) in [6.07, 6.45) is 3.31. The van der Waals surface area contributed by atoms with Crippen LogP contribution in [0.3, 0.4) is 0 Å². The number of carbonyl (C=O) groups excluding carboxylic acids is 2. The molecule has 6 nitrogen and oxygen atoms in total. The third kappa shape index (κ3) is 6.14. The molecule has 2 aromatic rings. The first-order chi connectivity index (χ1) is 16.1. The molecule has 0 bridgehead atoms. The predicted octanol–water partition coefficient (Wildman–Crippen LogP) is 3.38. The van der Waals surface area contributed by atoms with Crippen LogP contribution in [0.5, 0.6) is 0 Å². The van der Waals surface area contributed by atoms with E-state index in [0.29, 0.717) is 19.5 Å². The largest absolute Gasteiger partial charge is 0.369 e. The maximum atomic E-state index is 13.1. The number of piperidine rings is 1. The van der Waals surface area contributed by atoms with Crippen molar-refractivity contribution in [3.63, 3.8) is 0 Å². The smallest absolute Gasteiger partial charge is 0.247 e. The minimum atomic E-state index is -0.531. The Labute approximate surface area is 197 Å². The highest BCUT2D eigenvalue weighted by Gasteiger charge is 2.32. The van der Waals surface area contributed by atoms with Crippen LogP contribution < -0.4 is 10.2 Å². The number of benzene rings is 2. The Balaban J connectivity index is 1.24. The zero-order valence-corrected chi connectivity index (χ0v) is 19.7. The first-order valence-electron chi connectivity index (χ1n) is 12.3. The van der Waals surface area contributed by atoms with Crippen molar-refractivity contribution in [2.24, 2.45) is 0 Å². The van der Waals surface area contributed by atoms with Gasteiger partial charge >= 0.3 is 0 Å². The van der Waals surface area contributed by atoms with E-state index >= 15 is 0 Å². The molecule has 2 fully saturated rings. The molecule has 1 atom stereocenters. The standard InChI is InChI=1S/C27H36N4O2/c1-22-9-7-12-24(21-22)30-19-17-29(18-20-30)15-8-14-28-27(33)26(23-10-3-2-4-11-23)31-16-6-5-13-25(31)32/h2-4,7,9-12,21,26H,5-6,8,13-20H2,1H3,(H,28,33). The maximum Gasteiger partial charge on any atom is 0.247 e. The topological polar surface area (TPSA) is 55.9 Å². The number of anilines is 1. The highest BCUT2D eigenvalue weighted by atomic mass is 16.2. The molecule has 1 unspecified atom stereocenters. The van der Waals surface area contributed by atoms with Gasteiger partial charge in [0.2, 0.25) is 11.8 Å². The van der Waals surface area contributed by atoms with Crippen LogP contribution in [0.4, 0.5) is 5.69 Å². The van der Waals surface area contributed by atoms with Gasteiger partial charge in [0.15, 0.2) is 0 Å². The molecule has 176 valence electrons. The number of hydrogen-bond donors (Lipinski definition) is 1. The van der Waals surface area contributed by atoms with Gasteiger partial charge in [-0.15, -0.1) is 0 Å². The van der Waals surface area contributed by atoms with E-state index < -0.39 is 6.04 Å². The van der Waals surface area contributed by atoms with Gasteiger partial charge in [-0.1, -0.05) is 42.5 Å². The molecule has 0 aliphatic carbocycles. The second-order valence-corrected chi connectivity index (χ2v) is 9.17. The predicted molar refractivity (Wildman–Crippen MR) is 132 cm³/mol. The molecule has 33 heavy (non-hydrogen) atoms. The van der Waals surface area contributed by atoms with Crippen molar-refractivity contribution in [1.29, 1.82) is 0 Å². The van der Waals surface area contributed by atoms with E-state index in [1.54, 1.807) is 4.90 Å². The first-order valence-corrected chi connectivity index (χ1v) is 12.3. The summed E-state index contributed by atoms with van der Waals surface area (Å²) in [5.74, 6) is 0.0115. The second-order valence-electron chi connectivity index (χ2n) is 9.17. The Kier molecular flexibility index (Phi) is 8.00. The highest BCUT2D eigenvalue weighted by Crippen LogP contribution is 2.26. The molecule has 4 rings (SSSR count). The molecule has 6 heteroatoms. The van der Waals surface area contributed by atoms with Gasteiger partial charge in [-0.05, 0) is 56.0 Å². The van der Waals surface area contributed by atoms with Crippen LogP contribution in [-0.4, -0.2) is 67.4 Å². The molecular formula is C27H36N4O2. The average molecular weight is 449 g/mol. The van der Waals surface area contributed by atoms with Crippen LogP contribution in [0.1, 0.15) is 42.9 Å². The van der Waals surface area contributed by atoms with Crippen LogP contribution in [-0.2, 0) is 9.59 Å². The quantitative estimate of drug-likeness (QED) is 0.629. The fourth-order valence-corrected chi connectivity index (χ4v) is 4.87. The molecule has 0 aromatic heterocycles. The van der Waals surface area contributed by atoms with Crippen LogP contribution in [0.15, 0.2) is 54.6 Å². The van der Waals surface area contributed by atoms with Crippen LogP contribution in [0, 0.1) is 6.92 Å². The molecule has 1 N–H and O–H groups in total. The Bertz CT molecular complexity index is 925. The third-order valence-electron chi connectivity index (χ3n) is 6.72. The van der Waals surface area contributed by atoms with E-state index in [9.17, 15) is 9.59 Å². The Morgan fingerprint density at radius 2 is 1.76 bits per heavy atom. The van der Waals surface area contributed by atoms with Crippen molar-refractivity contribution in [2.45, 2.75) is 38.6 Å². The molecule has 2 heterocycles. The lowest BCUT2D eigenvalue weighted by Gasteiger charge is -2.36. The Hall–Kier alpha value is -2.86. The van der Waals surface area contributed by atoms with Gasteiger partial charge in [-0.25, -0.2) is 0 Å². The van der Waals surface area contributed by atoms with E-state index in [2.05, 4.69) is 46.3 Å². The number of piperazine rings is 1. The number of amides is 2. The molecule has 2 aliphatic heterocycles. The minimum absolute atomic E-state index is 0.0688. The van der Waals surface area contributed by atoms with Gasteiger partial charge in [0.25, 0.3) is 0 Å².